The van der Waals surface area contributed by atoms with Crippen LogP contribution >= 0.6 is 11.6 Å². The van der Waals surface area contributed by atoms with E-state index in [2.05, 4.69) is 9.71 Å². The van der Waals surface area contributed by atoms with E-state index in [4.69, 9.17) is 16.7 Å². The van der Waals surface area contributed by atoms with Crippen molar-refractivity contribution in [3.8, 4) is 0 Å². The fraction of sp³-hybridized carbons (Fsp3) is 0. The van der Waals surface area contributed by atoms with Gasteiger partial charge in [-0.05, 0) is 30.3 Å². The predicted molar refractivity (Wildman–Crippen MR) is 73.5 cm³/mol. The molecule has 2 N–H and O–H groups in total. The predicted octanol–water partition coefficient (Wildman–Crippen LogP) is 2.23. The number of halogens is 1. The van der Waals surface area contributed by atoms with Crippen molar-refractivity contribution in [2.45, 2.75) is 4.90 Å². The fourth-order valence-electron chi connectivity index (χ4n) is 1.45. The summed E-state index contributed by atoms with van der Waals surface area (Å²) in [6, 6.07) is 6.66. The molecule has 0 bridgehead atoms. The van der Waals surface area contributed by atoms with E-state index in [-0.39, 0.29) is 21.2 Å². The van der Waals surface area contributed by atoms with Crippen molar-refractivity contribution in [1.82, 2.24) is 4.98 Å². The Balaban J connectivity index is 2.29. The minimum absolute atomic E-state index is 0.0506. The largest absolute Gasteiger partial charge is 0.478 e. The molecule has 0 unspecified atom stereocenters. The third-order valence-electron chi connectivity index (χ3n) is 2.41. The van der Waals surface area contributed by atoms with Gasteiger partial charge >= 0.3 is 5.97 Å². The normalized spacial score (nSPS) is 11.1. The SMILES string of the molecule is O=C(O)c1ccc(NS(=O)(=O)c2cnccc2Cl)cc1. The molecule has 0 aliphatic heterocycles. The van der Waals surface area contributed by atoms with Crippen molar-refractivity contribution < 1.29 is 18.3 Å². The van der Waals surface area contributed by atoms with Crippen LogP contribution in [0.1, 0.15) is 10.4 Å². The van der Waals surface area contributed by atoms with Crippen LogP contribution in [0.25, 0.3) is 0 Å². The number of hydrogen-bond donors (Lipinski definition) is 2. The van der Waals surface area contributed by atoms with Crippen molar-refractivity contribution in [2.24, 2.45) is 0 Å². The number of aromatic carboxylic acids is 1. The van der Waals surface area contributed by atoms with Crippen LogP contribution in [0.5, 0.6) is 0 Å². The Morgan fingerprint density at radius 3 is 2.40 bits per heavy atom. The quantitative estimate of drug-likeness (QED) is 0.902. The highest BCUT2D eigenvalue weighted by atomic mass is 35.5. The van der Waals surface area contributed by atoms with Gasteiger partial charge in [0.2, 0.25) is 0 Å². The number of hydrogen-bond acceptors (Lipinski definition) is 4. The Kier molecular flexibility index (Phi) is 3.91. The number of carboxylic acids is 1. The van der Waals surface area contributed by atoms with E-state index in [0.29, 0.717) is 0 Å². The van der Waals surface area contributed by atoms with Crippen LogP contribution in [-0.4, -0.2) is 24.5 Å². The summed E-state index contributed by atoms with van der Waals surface area (Å²) in [5, 5.41) is 8.81. The number of sulfonamides is 1. The Bertz CT molecular complexity index is 744. The number of pyridine rings is 1. The van der Waals surface area contributed by atoms with Gasteiger partial charge in [-0.1, -0.05) is 11.6 Å². The summed E-state index contributed by atoms with van der Waals surface area (Å²) in [6.45, 7) is 0. The molecule has 0 radical (unpaired) electrons. The summed E-state index contributed by atoms with van der Waals surface area (Å²) < 4.78 is 26.5. The molecule has 0 saturated heterocycles. The number of carboxylic acid groups (broad SMARTS) is 1. The molecule has 0 fully saturated rings. The molecule has 0 amide bonds. The Labute approximate surface area is 120 Å². The van der Waals surface area contributed by atoms with Gasteiger partial charge < -0.3 is 5.11 Å². The van der Waals surface area contributed by atoms with Crippen LogP contribution < -0.4 is 4.72 Å². The molecule has 0 saturated carbocycles. The maximum absolute atomic E-state index is 12.1. The molecule has 8 heteroatoms. The number of nitrogens with zero attached hydrogens (tertiary/aromatic N) is 1. The van der Waals surface area contributed by atoms with Crippen molar-refractivity contribution in [1.29, 1.82) is 0 Å². The first-order valence-corrected chi connectivity index (χ1v) is 7.22. The van der Waals surface area contributed by atoms with Crippen molar-refractivity contribution >= 4 is 33.3 Å². The highest BCUT2D eigenvalue weighted by Crippen LogP contribution is 2.22. The zero-order valence-corrected chi connectivity index (χ0v) is 11.5. The lowest BCUT2D eigenvalue weighted by Crippen LogP contribution is -2.13. The summed E-state index contributed by atoms with van der Waals surface area (Å²) >= 11 is 5.80. The fourth-order valence-corrected chi connectivity index (χ4v) is 2.94. The van der Waals surface area contributed by atoms with Gasteiger partial charge in [-0.2, -0.15) is 0 Å². The minimum Gasteiger partial charge on any atom is -0.478 e. The van der Waals surface area contributed by atoms with E-state index >= 15 is 0 Å². The van der Waals surface area contributed by atoms with Crippen LogP contribution in [0, 0.1) is 0 Å². The molecule has 0 spiro atoms. The van der Waals surface area contributed by atoms with E-state index < -0.39 is 16.0 Å². The Hall–Kier alpha value is -2.12. The van der Waals surface area contributed by atoms with E-state index in [9.17, 15) is 13.2 Å². The third-order valence-corrected chi connectivity index (χ3v) is 4.26. The molecule has 1 aromatic carbocycles. The zero-order chi connectivity index (χ0) is 14.8. The standard InChI is InChI=1S/C12H9ClN2O4S/c13-10-5-6-14-7-11(10)20(18,19)15-9-3-1-8(2-4-9)12(16)17/h1-7,15H,(H,16,17). The zero-order valence-electron chi connectivity index (χ0n) is 9.95. The van der Waals surface area contributed by atoms with Crippen LogP contribution in [0.15, 0.2) is 47.6 Å². The van der Waals surface area contributed by atoms with Crippen molar-refractivity contribution in [2.75, 3.05) is 4.72 Å². The van der Waals surface area contributed by atoms with Crippen molar-refractivity contribution in [3.63, 3.8) is 0 Å². The van der Waals surface area contributed by atoms with Gasteiger partial charge in [0.05, 0.1) is 10.6 Å². The lowest BCUT2D eigenvalue weighted by molar-refractivity contribution is 0.0697. The lowest BCUT2D eigenvalue weighted by Gasteiger charge is -2.09. The van der Waals surface area contributed by atoms with E-state index in [1.807, 2.05) is 0 Å². The molecule has 1 heterocycles. The van der Waals surface area contributed by atoms with E-state index in [1.165, 1.54) is 36.5 Å². The molecule has 6 nitrogen and oxygen atoms in total. The average Bonchev–Trinajstić information content (AvgIpc) is 2.39. The Morgan fingerprint density at radius 1 is 1.20 bits per heavy atom. The molecule has 20 heavy (non-hydrogen) atoms. The van der Waals surface area contributed by atoms with Gasteiger partial charge in [0.15, 0.2) is 0 Å². The second-order valence-electron chi connectivity index (χ2n) is 3.79. The molecular formula is C12H9ClN2O4S. The second-order valence-corrected chi connectivity index (χ2v) is 5.85. The van der Waals surface area contributed by atoms with Gasteiger partial charge in [0.25, 0.3) is 10.0 Å². The Morgan fingerprint density at radius 2 is 1.85 bits per heavy atom. The summed E-state index contributed by atoms with van der Waals surface area (Å²) in [4.78, 5) is 14.3. The molecule has 0 aliphatic carbocycles. The lowest BCUT2D eigenvalue weighted by atomic mass is 10.2. The summed E-state index contributed by atoms with van der Waals surface area (Å²) in [5.41, 5.74) is 0.294. The monoisotopic (exact) mass is 312 g/mol. The number of rotatable bonds is 4. The number of carbonyl (C=O) groups is 1. The van der Waals surface area contributed by atoms with E-state index in [1.54, 1.807) is 0 Å². The highest BCUT2D eigenvalue weighted by molar-refractivity contribution is 7.92. The summed E-state index contributed by atoms with van der Waals surface area (Å²) in [6.07, 6.45) is 2.51. The topological polar surface area (TPSA) is 96.4 Å². The molecular weight excluding hydrogens is 304 g/mol. The molecule has 104 valence electrons. The van der Waals surface area contributed by atoms with Crippen LogP contribution in [0.2, 0.25) is 5.02 Å². The molecule has 0 atom stereocenters. The highest BCUT2D eigenvalue weighted by Gasteiger charge is 2.18. The molecule has 2 aromatic rings. The van der Waals surface area contributed by atoms with Crippen LogP contribution in [-0.2, 0) is 10.0 Å². The number of nitrogens with one attached hydrogen (secondary N) is 1. The summed E-state index contributed by atoms with van der Waals surface area (Å²) in [5.74, 6) is -1.09. The van der Waals surface area contributed by atoms with Crippen molar-refractivity contribution in [3.05, 3.63) is 53.3 Å². The third kappa shape index (κ3) is 3.06. The van der Waals surface area contributed by atoms with Gasteiger partial charge in [-0.3, -0.25) is 9.71 Å². The van der Waals surface area contributed by atoms with Gasteiger partial charge in [-0.25, -0.2) is 13.2 Å². The molecule has 2 rings (SSSR count). The van der Waals surface area contributed by atoms with Crippen LogP contribution in [0.4, 0.5) is 5.69 Å². The van der Waals surface area contributed by atoms with Gasteiger partial charge in [-0.15, -0.1) is 0 Å². The van der Waals surface area contributed by atoms with Gasteiger partial charge in [0, 0.05) is 18.1 Å². The summed E-state index contributed by atoms with van der Waals surface area (Å²) in [7, 11) is -3.87. The smallest absolute Gasteiger partial charge is 0.335 e. The maximum atomic E-state index is 12.1. The first-order valence-electron chi connectivity index (χ1n) is 5.36. The number of anilines is 1. The average molecular weight is 313 g/mol. The molecule has 1 aromatic heterocycles. The number of benzene rings is 1. The van der Waals surface area contributed by atoms with E-state index in [0.717, 1.165) is 6.20 Å². The first kappa shape index (κ1) is 14.3. The second kappa shape index (κ2) is 5.48. The first-order chi connectivity index (χ1) is 9.40. The van der Waals surface area contributed by atoms with Crippen LogP contribution in [0.3, 0.4) is 0 Å². The minimum atomic E-state index is -3.87. The molecule has 0 aliphatic rings. The maximum Gasteiger partial charge on any atom is 0.335 e. The van der Waals surface area contributed by atoms with Gasteiger partial charge in [0.1, 0.15) is 4.90 Å². The number of aromatic nitrogens is 1.